The molecule has 1 aromatic heterocycles. The van der Waals surface area contributed by atoms with Crippen LogP contribution in [-0.4, -0.2) is 21.7 Å². The van der Waals surface area contributed by atoms with E-state index in [-0.39, 0.29) is 11.9 Å². The molecule has 1 aromatic carbocycles. The van der Waals surface area contributed by atoms with Gasteiger partial charge in [-0.3, -0.25) is 9.48 Å². The minimum absolute atomic E-state index is 0.105. The number of carbonyl (C=O) groups excluding carboxylic acids is 1. The second-order valence-electron chi connectivity index (χ2n) is 5.53. The van der Waals surface area contributed by atoms with Gasteiger partial charge >= 0.3 is 0 Å². The van der Waals surface area contributed by atoms with Crippen LogP contribution in [0.5, 0.6) is 0 Å². The van der Waals surface area contributed by atoms with E-state index < -0.39 is 0 Å². The van der Waals surface area contributed by atoms with E-state index in [2.05, 4.69) is 18.1 Å². The lowest BCUT2D eigenvalue weighted by Crippen LogP contribution is -2.38. The normalized spacial score (nSPS) is 17.4. The zero-order valence-electron chi connectivity index (χ0n) is 12.1. The van der Waals surface area contributed by atoms with Crippen molar-refractivity contribution in [3.8, 4) is 0 Å². The smallest absolute Gasteiger partial charge is 0.248 e. The van der Waals surface area contributed by atoms with E-state index in [0.717, 1.165) is 23.5 Å². The molecule has 0 bridgehead atoms. The van der Waals surface area contributed by atoms with Gasteiger partial charge < -0.3 is 4.90 Å². The first-order chi connectivity index (χ1) is 9.56. The molecular weight excluding hydrogens is 250 g/mol. The Morgan fingerprint density at radius 1 is 1.35 bits per heavy atom. The van der Waals surface area contributed by atoms with Gasteiger partial charge in [0.2, 0.25) is 5.91 Å². The molecular formula is C16H19N3O. The van der Waals surface area contributed by atoms with Crippen LogP contribution in [0.2, 0.25) is 0 Å². The van der Waals surface area contributed by atoms with Crippen LogP contribution >= 0.6 is 0 Å². The molecule has 1 aliphatic heterocycles. The first-order valence-electron chi connectivity index (χ1n) is 6.97. The predicted molar refractivity (Wildman–Crippen MR) is 78.8 cm³/mol. The van der Waals surface area contributed by atoms with Crippen LogP contribution in [0, 0.1) is 13.8 Å². The largest absolute Gasteiger partial charge is 0.307 e. The Bertz CT molecular complexity index is 659. The van der Waals surface area contributed by atoms with E-state index >= 15 is 0 Å². The topological polar surface area (TPSA) is 38.1 Å². The summed E-state index contributed by atoms with van der Waals surface area (Å²) in [4.78, 5) is 14.5. The third-order valence-corrected chi connectivity index (χ3v) is 3.86. The Labute approximate surface area is 119 Å². The van der Waals surface area contributed by atoms with E-state index in [9.17, 15) is 4.79 Å². The highest BCUT2D eigenvalue weighted by Crippen LogP contribution is 2.31. The van der Waals surface area contributed by atoms with Crippen molar-refractivity contribution < 1.29 is 4.79 Å². The number of aromatic nitrogens is 2. The summed E-state index contributed by atoms with van der Waals surface area (Å²) < 4.78 is 1.78. The molecule has 0 spiro atoms. The SMILES string of the molecule is Cc1cc(C)n(CC(=O)N2c3ccccc3CC2C)n1. The molecule has 1 amide bonds. The Hall–Kier alpha value is -2.10. The standard InChI is InChI=1S/C16H19N3O/c1-11-8-12(2)18(17-11)10-16(20)19-13(3)9-14-6-4-5-7-15(14)19/h4-8,13H,9-10H2,1-3H3. The van der Waals surface area contributed by atoms with Crippen molar-refractivity contribution in [2.45, 2.75) is 39.8 Å². The average Bonchev–Trinajstić information content (AvgIpc) is 2.88. The number of hydrogen-bond donors (Lipinski definition) is 0. The molecule has 0 N–H and O–H groups in total. The second-order valence-corrected chi connectivity index (χ2v) is 5.53. The van der Waals surface area contributed by atoms with E-state index in [1.165, 1.54) is 5.56 Å². The number of rotatable bonds is 2. The molecule has 0 fully saturated rings. The summed E-state index contributed by atoms with van der Waals surface area (Å²) in [6, 6.07) is 10.4. The monoisotopic (exact) mass is 269 g/mol. The first kappa shape index (κ1) is 12.9. The second kappa shape index (κ2) is 4.78. The Morgan fingerprint density at radius 2 is 2.10 bits per heavy atom. The number of para-hydroxylation sites is 1. The maximum atomic E-state index is 12.6. The van der Waals surface area contributed by atoms with Gasteiger partial charge in [-0.15, -0.1) is 0 Å². The highest BCUT2D eigenvalue weighted by atomic mass is 16.2. The van der Waals surface area contributed by atoms with Crippen LogP contribution in [0.15, 0.2) is 30.3 Å². The van der Waals surface area contributed by atoms with Gasteiger partial charge in [-0.05, 0) is 44.9 Å². The number of anilines is 1. The van der Waals surface area contributed by atoms with Crippen LogP contribution in [0.3, 0.4) is 0 Å². The molecule has 104 valence electrons. The van der Waals surface area contributed by atoms with Crippen LogP contribution < -0.4 is 4.90 Å². The molecule has 0 saturated heterocycles. The minimum atomic E-state index is 0.105. The third kappa shape index (κ3) is 2.11. The number of nitrogens with zero attached hydrogens (tertiary/aromatic N) is 3. The Morgan fingerprint density at radius 3 is 2.80 bits per heavy atom. The van der Waals surface area contributed by atoms with Gasteiger partial charge in [0.05, 0.1) is 5.69 Å². The molecule has 0 radical (unpaired) electrons. The molecule has 4 nitrogen and oxygen atoms in total. The molecule has 2 heterocycles. The highest BCUT2D eigenvalue weighted by Gasteiger charge is 2.30. The lowest BCUT2D eigenvalue weighted by Gasteiger charge is -2.23. The van der Waals surface area contributed by atoms with Crippen molar-refractivity contribution in [1.82, 2.24) is 9.78 Å². The molecule has 1 aliphatic rings. The fourth-order valence-corrected chi connectivity index (χ4v) is 2.98. The summed E-state index contributed by atoms with van der Waals surface area (Å²) in [5.74, 6) is 0.105. The third-order valence-electron chi connectivity index (χ3n) is 3.86. The van der Waals surface area contributed by atoms with Crippen molar-refractivity contribution in [2.24, 2.45) is 0 Å². The lowest BCUT2D eigenvalue weighted by atomic mass is 10.1. The van der Waals surface area contributed by atoms with Gasteiger partial charge in [0, 0.05) is 17.4 Å². The predicted octanol–water partition coefficient (Wildman–Crippen LogP) is 2.48. The zero-order chi connectivity index (χ0) is 14.3. The van der Waals surface area contributed by atoms with Crippen LogP contribution in [0.4, 0.5) is 5.69 Å². The fourth-order valence-electron chi connectivity index (χ4n) is 2.98. The quantitative estimate of drug-likeness (QED) is 0.840. The van der Waals surface area contributed by atoms with E-state index in [1.54, 1.807) is 4.68 Å². The summed E-state index contributed by atoms with van der Waals surface area (Å²) in [7, 11) is 0. The van der Waals surface area contributed by atoms with Gasteiger partial charge in [0.15, 0.2) is 0 Å². The van der Waals surface area contributed by atoms with Gasteiger partial charge in [-0.1, -0.05) is 18.2 Å². The number of hydrogen-bond acceptors (Lipinski definition) is 2. The zero-order valence-corrected chi connectivity index (χ0v) is 12.1. The van der Waals surface area contributed by atoms with Crippen molar-refractivity contribution in [3.05, 3.63) is 47.3 Å². The molecule has 0 aliphatic carbocycles. The average molecular weight is 269 g/mol. The van der Waals surface area contributed by atoms with Crippen LogP contribution in [-0.2, 0) is 17.8 Å². The summed E-state index contributed by atoms with van der Waals surface area (Å²) in [5.41, 5.74) is 4.27. The maximum Gasteiger partial charge on any atom is 0.248 e. The Kier molecular flexibility index (Phi) is 3.08. The summed E-state index contributed by atoms with van der Waals surface area (Å²) in [6.07, 6.45) is 0.930. The fraction of sp³-hybridized carbons (Fsp3) is 0.375. The van der Waals surface area contributed by atoms with Crippen molar-refractivity contribution in [2.75, 3.05) is 4.90 Å². The minimum Gasteiger partial charge on any atom is -0.307 e. The van der Waals surface area contributed by atoms with Crippen molar-refractivity contribution >= 4 is 11.6 Å². The molecule has 4 heteroatoms. The molecule has 1 atom stereocenters. The summed E-state index contributed by atoms with van der Waals surface area (Å²) in [6.45, 7) is 6.33. The van der Waals surface area contributed by atoms with Crippen LogP contribution in [0.25, 0.3) is 0 Å². The van der Waals surface area contributed by atoms with Crippen molar-refractivity contribution in [3.63, 3.8) is 0 Å². The number of amides is 1. The van der Waals surface area contributed by atoms with E-state index in [1.807, 2.05) is 43.0 Å². The van der Waals surface area contributed by atoms with Crippen LogP contribution in [0.1, 0.15) is 23.9 Å². The van der Waals surface area contributed by atoms with Gasteiger partial charge in [-0.25, -0.2) is 0 Å². The molecule has 20 heavy (non-hydrogen) atoms. The number of benzene rings is 1. The first-order valence-corrected chi connectivity index (χ1v) is 6.97. The lowest BCUT2D eigenvalue weighted by molar-refractivity contribution is -0.119. The van der Waals surface area contributed by atoms with Gasteiger partial charge in [0.1, 0.15) is 6.54 Å². The summed E-state index contributed by atoms with van der Waals surface area (Å²) >= 11 is 0. The molecule has 2 aromatic rings. The molecule has 3 rings (SSSR count). The number of aryl methyl sites for hydroxylation is 2. The number of carbonyl (C=O) groups is 1. The maximum absolute atomic E-state index is 12.6. The van der Waals surface area contributed by atoms with E-state index in [0.29, 0.717) is 6.54 Å². The number of fused-ring (bicyclic) bond motifs is 1. The Balaban J connectivity index is 1.86. The highest BCUT2D eigenvalue weighted by molar-refractivity contribution is 5.96. The van der Waals surface area contributed by atoms with Gasteiger partial charge in [0.25, 0.3) is 0 Å². The van der Waals surface area contributed by atoms with Crippen molar-refractivity contribution in [1.29, 1.82) is 0 Å². The van der Waals surface area contributed by atoms with Gasteiger partial charge in [-0.2, -0.15) is 5.10 Å². The molecule has 0 saturated carbocycles. The molecule has 1 unspecified atom stereocenters. The van der Waals surface area contributed by atoms with E-state index in [4.69, 9.17) is 0 Å². The summed E-state index contributed by atoms with van der Waals surface area (Å²) in [5, 5.41) is 4.37.